The summed E-state index contributed by atoms with van der Waals surface area (Å²) in [6.45, 7) is 9.19. The minimum Gasteiger partial charge on any atom is -0.356 e. The number of hydrogen-bond donors (Lipinski definition) is 2. The highest BCUT2D eigenvalue weighted by atomic mass is 127. The lowest BCUT2D eigenvalue weighted by Gasteiger charge is -2.23. The summed E-state index contributed by atoms with van der Waals surface area (Å²) >= 11 is 1.03. The normalized spacial score (nSPS) is 14.0. The third-order valence-electron chi connectivity index (χ3n) is 3.41. The van der Waals surface area contributed by atoms with Crippen LogP contribution in [0.3, 0.4) is 0 Å². The monoisotopic (exact) mass is 492 g/mol. The van der Waals surface area contributed by atoms with Crippen LogP contribution in [-0.2, 0) is 12.6 Å². The van der Waals surface area contributed by atoms with Crippen molar-refractivity contribution in [3.8, 4) is 0 Å². The molecule has 0 aliphatic heterocycles. The molecule has 0 aliphatic carbocycles. The van der Waals surface area contributed by atoms with Gasteiger partial charge in [-0.2, -0.15) is 13.2 Å². The fourth-order valence-electron chi connectivity index (χ4n) is 1.99. The first-order valence-electron chi connectivity index (χ1n) is 8.00. The van der Waals surface area contributed by atoms with E-state index in [1.165, 1.54) is 0 Å². The molecule has 146 valence electrons. The SMILES string of the molecule is CN=C(NCCc1nc(C(F)(F)F)cs1)NC(C)CCC(C)(C)C.I. The molecule has 1 aromatic rings. The number of aliphatic imine (C=N–C) groups is 1. The number of halogens is 4. The summed E-state index contributed by atoms with van der Waals surface area (Å²) < 4.78 is 37.5. The molecular formula is C16H28F3IN4S. The van der Waals surface area contributed by atoms with Crippen LogP contribution in [0.4, 0.5) is 13.2 Å². The van der Waals surface area contributed by atoms with Crippen LogP contribution in [0.25, 0.3) is 0 Å². The molecule has 0 amide bonds. The van der Waals surface area contributed by atoms with Crippen LogP contribution in [0.1, 0.15) is 51.2 Å². The Labute approximate surface area is 169 Å². The molecule has 2 N–H and O–H groups in total. The van der Waals surface area contributed by atoms with Crippen molar-refractivity contribution in [1.82, 2.24) is 15.6 Å². The van der Waals surface area contributed by atoms with E-state index in [2.05, 4.69) is 48.3 Å². The molecule has 1 unspecified atom stereocenters. The van der Waals surface area contributed by atoms with Gasteiger partial charge in [-0.05, 0) is 25.2 Å². The molecule has 0 saturated carbocycles. The Hall–Kier alpha value is -0.580. The van der Waals surface area contributed by atoms with Gasteiger partial charge < -0.3 is 10.6 Å². The molecule has 1 heterocycles. The third kappa shape index (κ3) is 10.2. The van der Waals surface area contributed by atoms with Crippen LogP contribution in [0, 0.1) is 5.41 Å². The van der Waals surface area contributed by atoms with Crippen molar-refractivity contribution in [2.24, 2.45) is 10.4 Å². The molecule has 1 aromatic heterocycles. The van der Waals surface area contributed by atoms with Crippen molar-refractivity contribution in [2.75, 3.05) is 13.6 Å². The van der Waals surface area contributed by atoms with Gasteiger partial charge in [0, 0.05) is 31.4 Å². The zero-order valence-electron chi connectivity index (χ0n) is 15.3. The molecule has 1 atom stereocenters. The standard InChI is InChI=1S/C16H27F3N4S.HI/c1-11(6-8-15(2,3)4)22-14(20-5)21-9-7-13-23-12(10-24-13)16(17,18)19;/h10-11H,6-9H2,1-5H3,(H2,20,21,22);1H. The number of hydrogen-bond acceptors (Lipinski definition) is 3. The summed E-state index contributed by atoms with van der Waals surface area (Å²) in [7, 11) is 1.68. The second-order valence-corrected chi connectivity index (χ2v) is 7.96. The average Bonchev–Trinajstić information content (AvgIpc) is 2.92. The third-order valence-corrected chi connectivity index (χ3v) is 4.32. The maximum atomic E-state index is 12.5. The Balaban J connectivity index is 0.00000576. The minimum atomic E-state index is -4.37. The number of nitrogens with one attached hydrogen (secondary N) is 2. The van der Waals surface area contributed by atoms with E-state index in [9.17, 15) is 13.2 Å². The first-order chi connectivity index (χ1) is 11.0. The minimum absolute atomic E-state index is 0. The summed E-state index contributed by atoms with van der Waals surface area (Å²) in [6, 6.07) is 0.270. The Bertz CT molecular complexity index is 538. The van der Waals surface area contributed by atoms with Gasteiger partial charge in [0.05, 0.1) is 5.01 Å². The van der Waals surface area contributed by atoms with Crippen molar-refractivity contribution >= 4 is 41.3 Å². The van der Waals surface area contributed by atoms with Gasteiger partial charge in [0.1, 0.15) is 0 Å². The fourth-order valence-corrected chi connectivity index (χ4v) is 2.80. The summed E-state index contributed by atoms with van der Waals surface area (Å²) in [5.41, 5.74) is -0.533. The van der Waals surface area contributed by atoms with E-state index in [4.69, 9.17) is 0 Å². The largest absolute Gasteiger partial charge is 0.434 e. The second kappa shape index (κ2) is 10.5. The molecule has 0 spiro atoms. The molecule has 0 aliphatic rings. The molecule has 0 bridgehead atoms. The van der Waals surface area contributed by atoms with E-state index in [1.54, 1.807) is 7.05 Å². The number of thiazole rings is 1. The van der Waals surface area contributed by atoms with E-state index < -0.39 is 11.9 Å². The number of alkyl halides is 3. The van der Waals surface area contributed by atoms with Gasteiger partial charge in [-0.15, -0.1) is 35.3 Å². The van der Waals surface area contributed by atoms with Gasteiger partial charge in [-0.3, -0.25) is 4.99 Å². The van der Waals surface area contributed by atoms with Crippen molar-refractivity contribution in [3.63, 3.8) is 0 Å². The number of rotatable bonds is 6. The summed E-state index contributed by atoms with van der Waals surface area (Å²) in [5, 5.41) is 7.93. The van der Waals surface area contributed by atoms with Crippen LogP contribution < -0.4 is 10.6 Å². The molecule has 0 saturated heterocycles. The van der Waals surface area contributed by atoms with Gasteiger partial charge in [-0.1, -0.05) is 20.8 Å². The molecule has 25 heavy (non-hydrogen) atoms. The molecule has 0 radical (unpaired) electrons. The smallest absolute Gasteiger partial charge is 0.356 e. The van der Waals surface area contributed by atoms with Crippen molar-refractivity contribution in [3.05, 3.63) is 16.1 Å². The van der Waals surface area contributed by atoms with Gasteiger partial charge >= 0.3 is 6.18 Å². The molecule has 9 heteroatoms. The second-order valence-electron chi connectivity index (χ2n) is 7.02. The highest BCUT2D eigenvalue weighted by molar-refractivity contribution is 14.0. The number of aromatic nitrogens is 1. The number of nitrogens with zero attached hydrogens (tertiary/aromatic N) is 2. The Morgan fingerprint density at radius 2 is 1.96 bits per heavy atom. The van der Waals surface area contributed by atoms with Crippen molar-refractivity contribution < 1.29 is 13.2 Å². The summed E-state index contributed by atoms with van der Waals surface area (Å²) in [6.07, 6.45) is -1.83. The van der Waals surface area contributed by atoms with Crippen LogP contribution in [0.15, 0.2) is 10.4 Å². The van der Waals surface area contributed by atoms with E-state index in [0.29, 0.717) is 23.9 Å². The predicted octanol–water partition coefficient (Wildman–Crippen LogP) is 4.70. The Kier molecular flexibility index (Phi) is 10.3. The lowest BCUT2D eigenvalue weighted by Crippen LogP contribution is -2.43. The molecule has 1 rings (SSSR count). The molecule has 0 fully saturated rings. The topological polar surface area (TPSA) is 49.3 Å². The van der Waals surface area contributed by atoms with Crippen molar-refractivity contribution in [1.29, 1.82) is 0 Å². The zero-order chi connectivity index (χ0) is 18.4. The Morgan fingerprint density at radius 3 is 2.44 bits per heavy atom. The Morgan fingerprint density at radius 1 is 1.32 bits per heavy atom. The van der Waals surface area contributed by atoms with E-state index in [0.717, 1.165) is 29.6 Å². The molecule has 4 nitrogen and oxygen atoms in total. The summed E-state index contributed by atoms with van der Waals surface area (Å²) in [4.78, 5) is 7.76. The van der Waals surface area contributed by atoms with Crippen LogP contribution >= 0.6 is 35.3 Å². The fraction of sp³-hybridized carbons (Fsp3) is 0.750. The highest BCUT2D eigenvalue weighted by Crippen LogP contribution is 2.30. The van der Waals surface area contributed by atoms with Gasteiger partial charge in [0.25, 0.3) is 0 Å². The highest BCUT2D eigenvalue weighted by Gasteiger charge is 2.33. The predicted molar refractivity (Wildman–Crippen MR) is 109 cm³/mol. The zero-order valence-corrected chi connectivity index (χ0v) is 18.5. The lowest BCUT2D eigenvalue weighted by molar-refractivity contribution is -0.140. The first-order valence-corrected chi connectivity index (χ1v) is 8.88. The lowest BCUT2D eigenvalue weighted by atomic mass is 9.89. The van der Waals surface area contributed by atoms with Crippen LogP contribution in [0.2, 0.25) is 0 Å². The van der Waals surface area contributed by atoms with Crippen molar-refractivity contribution in [2.45, 2.75) is 59.2 Å². The number of guanidine groups is 1. The summed E-state index contributed by atoms with van der Waals surface area (Å²) in [5.74, 6) is 0.656. The molecule has 0 aromatic carbocycles. The van der Waals surface area contributed by atoms with Gasteiger partial charge in [0.2, 0.25) is 0 Å². The average molecular weight is 492 g/mol. The van der Waals surface area contributed by atoms with Gasteiger partial charge in [0.15, 0.2) is 11.7 Å². The quantitative estimate of drug-likeness (QED) is 0.344. The molecular weight excluding hydrogens is 464 g/mol. The van der Waals surface area contributed by atoms with Crippen LogP contribution in [-0.4, -0.2) is 30.6 Å². The maximum absolute atomic E-state index is 12.5. The van der Waals surface area contributed by atoms with Gasteiger partial charge in [-0.25, -0.2) is 4.98 Å². The van der Waals surface area contributed by atoms with E-state index in [-0.39, 0.29) is 35.4 Å². The maximum Gasteiger partial charge on any atom is 0.434 e. The first kappa shape index (κ1) is 24.4. The van der Waals surface area contributed by atoms with Crippen LogP contribution in [0.5, 0.6) is 0 Å². The van der Waals surface area contributed by atoms with E-state index in [1.807, 2.05) is 0 Å². The van der Waals surface area contributed by atoms with E-state index >= 15 is 0 Å².